The molecule has 3 rings (SSSR count). The molecule has 10 nitrogen and oxygen atoms in total. The molecule has 0 saturated carbocycles. The molecule has 0 aliphatic carbocycles. The van der Waals surface area contributed by atoms with Gasteiger partial charge < -0.3 is 30.3 Å². The lowest BCUT2D eigenvalue weighted by atomic mass is 10.1. The molecule has 0 radical (unpaired) electrons. The van der Waals surface area contributed by atoms with Crippen LogP contribution in [0.3, 0.4) is 0 Å². The summed E-state index contributed by atoms with van der Waals surface area (Å²) in [7, 11) is 1.23. The number of carbonyl (C=O) groups is 1. The maximum absolute atomic E-state index is 11.6. The Hall–Kier alpha value is -3.92. The number of ether oxygens (including phenoxy) is 2. The van der Waals surface area contributed by atoms with Crippen LogP contribution < -0.4 is 15.4 Å². The molecule has 4 N–H and O–H groups in total. The molecule has 1 heterocycles. The fraction of sp³-hybridized carbons (Fsp3) is 0.238. The number of methoxy groups -OCH3 is 1. The van der Waals surface area contributed by atoms with Gasteiger partial charge >= 0.3 is 12.0 Å². The Bertz CT molecular complexity index is 1030. The van der Waals surface area contributed by atoms with Crippen molar-refractivity contribution in [3.63, 3.8) is 0 Å². The first kappa shape index (κ1) is 21.8. The van der Waals surface area contributed by atoms with Crippen molar-refractivity contribution in [1.29, 1.82) is 0 Å². The van der Waals surface area contributed by atoms with Crippen LogP contribution in [0.25, 0.3) is 0 Å². The number of rotatable bonds is 9. The van der Waals surface area contributed by atoms with E-state index in [9.17, 15) is 15.0 Å². The van der Waals surface area contributed by atoms with Crippen molar-refractivity contribution < 1.29 is 24.5 Å². The number of hydrogen-bond acceptors (Lipinski definition) is 10. The summed E-state index contributed by atoms with van der Waals surface area (Å²) < 4.78 is 10.0. The van der Waals surface area contributed by atoms with Crippen LogP contribution in [-0.2, 0) is 4.74 Å². The van der Waals surface area contributed by atoms with Crippen LogP contribution >= 0.6 is 0 Å². The number of esters is 1. The molecule has 2 aromatic carbocycles. The fourth-order valence-electron chi connectivity index (χ4n) is 2.77. The molecule has 0 amide bonds. The second kappa shape index (κ2) is 10.2. The number of phenolic OH excluding ortho intramolecular Hbond substituents is 1. The van der Waals surface area contributed by atoms with E-state index >= 15 is 0 Å². The maximum atomic E-state index is 11.6. The number of phenols is 1. The zero-order chi connectivity index (χ0) is 22.2. The molecule has 0 spiro atoms. The summed E-state index contributed by atoms with van der Waals surface area (Å²) in [5, 5.41) is 25.9. The first-order chi connectivity index (χ1) is 15.0. The van der Waals surface area contributed by atoms with Gasteiger partial charge in [0.05, 0.1) is 26.4 Å². The number of hydrogen-bond donors (Lipinski definition) is 4. The van der Waals surface area contributed by atoms with Crippen LogP contribution in [0.4, 0.5) is 17.6 Å². The normalized spacial score (nSPS) is 11.5. The Labute approximate surface area is 178 Å². The average molecular weight is 425 g/mol. The third kappa shape index (κ3) is 5.58. The molecule has 3 aromatic rings. The van der Waals surface area contributed by atoms with Gasteiger partial charge in [0.2, 0.25) is 11.9 Å². The second-order valence-electron chi connectivity index (χ2n) is 6.34. The summed E-state index contributed by atoms with van der Waals surface area (Å²) >= 11 is 0. The molecular weight excluding hydrogens is 402 g/mol. The monoisotopic (exact) mass is 425 g/mol. The van der Waals surface area contributed by atoms with E-state index in [2.05, 4.69) is 30.3 Å². The third-order valence-electron chi connectivity index (χ3n) is 4.24. The van der Waals surface area contributed by atoms with Gasteiger partial charge in [-0.05, 0) is 24.6 Å². The average Bonchev–Trinajstić information content (AvgIpc) is 2.78. The van der Waals surface area contributed by atoms with Crippen LogP contribution in [0.5, 0.6) is 11.8 Å². The van der Waals surface area contributed by atoms with Crippen LogP contribution in [0.1, 0.15) is 28.9 Å². The highest BCUT2D eigenvalue weighted by atomic mass is 16.5. The van der Waals surface area contributed by atoms with Crippen LogP contribution in [0.2, 0.25) is 0 Å². The highest BCUT2D eigenvalue weighted by Crippen LogP contribution is 2.25. The summed E-state index contributed by atoms with van der Waals surface area (Å²) in [4.78, 5) is 24.4. The molecular formula is C21H23N5O5. The highest BCUT2D eigenvalue weighted by molar-refractivity contribution is 5.93. The zero-order valence-corrected chi connectivity index (χ0v) is 17.1. The SMILES string of the molecule is CCOc1nc(Nc2ccc(C(=O)OC)c(O)c2)nc(N[C@H](CO)c2ccccc2)n1. The topological polar surface area (TPSA) is 139 Å². The minimum absolute atomic E-state index is 0.0368. The third-order valence-corrected chi connectivity index (χ3v) is 4.24. The number of aromatic hydroxyl groups is 1. The molecule has 0 aliphatic heterocycles. The molecule has 1 atom stereocenters. The minimum Gasteiger partial charge on any atom is -0.507 e. The van der Waals surface area contributed by atoms with Gasteiger partial charge in [0.1, 0.15) is 11.3 Å². The van der Waals surface area contributed by atoms with E-state index < -0.39 is 12.0 Å². The van der Waals surface area contributed by atoms with Crippen molar-refractivity contribution in [1.82, 2.24) is 15.0 Å². The van der Waals surface area contributed by atoms with E-state index in [1.807, 2.05) is 30.3 Å². The number of nitrogens with zero attached hydrogens (tertiary/aromatic N) is 3. The van der Waals surface area contributed by atoms with E-state index in [4.69, 9.17) is 4.74 Å². The number of nitrogens with one attached hydrogen (secondary N) is 2. The molecule has 1 aromatic heterocycles. The predicted molar refractivity (Wildman–Crippen MR) is 114 cm³/mol. The number of benzene rings is 2. The van der Waals surface area contributed by atoms with Crippen molar-refractivity contribution in [2.24, 2.45) is 0 Å². The smallest absolute Gasteiger partial charge is 0.341 e. The van der Waals surface area contributed by atoms with Gasteiger partial charge in [-0.1, -0.05) is 30.3 Å². The largest absolute Gasteiger partial charge is 0.507 e. The summed E-state index contributed by atoms with van der Waals surface area (Å²) in [6.07, 6.45) is 0. The van der Waals surface area contributed by atoms with Gasteiger partial charge in [-0.2, -0.15) is 15.0 Å². The Morgan fingerprint density at radius 3 is 2.48 bits per heavy atom. The molecule has 10 heteroatoms. The van der Waals surface area contributed by atoms with E-state index in [-0.39, 0.29) is 35.8 Å². The quantitative estimate of drug-likeness (QED) is 0.378. The van der Waals surface area contributed by atoms with Crippen molar-refractivity contribution in [2.75, 3.05) is 31.0 Å². The van der Waals surface area contributed by atoms with Crippen molar-refractivity contribution in [3.05, 3.63) is 59.7 Å². The zero-order valence-electron chi connectivity index (χ0n) is 17.1. The van der Waals surface area contributed by atoms with Crippen LogP contribution in [0, 0.1) is 0 Å². The standard InChI is InChI=1S/C21H23N5O5/c1-3-31-21-25-19(22-14-9-10-15(17(28)11-14)18(29)30-2)24-20(26-21)23-16(12-27)13-7-5-4-6-8-13/h4-11,16,27-28H,3,12H2,1-2H3,(H2,22,23,24,25,26)/t16-/m1/s1. The Morgan fingerprint density at radius 1 is 1.10 bits per heavy atom. The first-order valence-electron chi connectivity index (χ1n) is 9.53. The lowest BCUT2D eigenvalue weighted by molar-refractivity contribution is 0.0597. The number of aliphatic hydroxyl groups is 1. The predicted octanol–water partition coefficient (Wildman–Crippen LogP) is 2.65. The Kier molecular flexibility index (Phi) is 7.17. The van der Waals surface area contributed by atoms with Crippen LogP contribution in [0.15, 0.2) is 48.5 Å². The van der Waals surface area contributed by atoms with Crippen LogP contribution in [-0.4, -0.2) is 51.5 Å². The summed E-state index contributed by atoms with van der Waals surface area (Å²) in [5.41, 5.74) is 1.34. The molecule has 0 saturated heterocycles. The summed E-state index contributed by atoms with van der Waals surface area (Å²) in [6.45, 7) is 1.97. The van der Waals surface area contributed by atoms with E-state index in [1.54, 1.807) is 13.0 Å². The lowest BCUT2D eigenvalue weighted by Gasteiger charge is -2.17. The molecule has 31 heavy (non-hydrogen) atoms. The van der Waals surface area contributed by atoms with Gasteiger partial charge in [0.25, 0.3) is 0 Å². The minimum atomic E-state index is -0.648. The molecule has 0 unspecified atom stereocenters. The van der Waals surface area contributed by atoms with E-state index in [1.165, 1.54) is 19.2 Å². The molecule has 0 aliphatic rings. The van der Waals surface area contributed by atoms with Gasteiger partial charge in [0.15, 0.2) is 0 Å². The summed E-state index contributed by atoms with van der Waals surface area (Å²) in [6, 6.07) is 13.4. The molecule has 162 valence electrons. The van der Waals surface area contributed by atoms with Gasteiger partial charge in [-0.15, -0.1) is 0 Å². The fourth-order valence-corrected chi connectivity index (χ4v) is 2.77. The lowest BCUT2D eigenvalue weighted by Crippen LogP contribution is -2.17. The van der Waals surface area contributed by atoms with Crippen molar-refractivity contribution in [3.8, 4) is 11.8 Å². The Morgan fingerprint density at radius 2 is 1.84 bits per heavy atom. The first-order valence-corrected chi connectivity index (χ1v) is 9.53. The number of carbonyl (C=O) groups excluding carboxylic acids is 1. The van der Waals surface area contributed by atoms with Crippen molar-refractivity contribution >= 4 is 23.6 Å². The van der Waals surface area contributed by atoms with E-state index in [0.717, 1.165) is 5.56 Å². The number of anilines is 3. The number of aliphatic hydroxyl groups excluding tert-OH is 1. The second-order valence-corrected chi connectivity index (χ2v) is 6.34. The van der Waals surface area contributed by atoms with Crippen molar-refractivity contribution in [2.45, 2.75) is 13.0 Å². The molecule has 0 fully saturated rings. The number of aromatic nitrogens is 3. The van der Waals surface area contributed by atoms with Gasteiger partial charge in [-0.3, -0.25) is 0 Å². The highest BCUT2D eigenvalue weighted by Gasteiger charge is 2.16. The van der Waals surface area contributed by atoms with E-state index in [0.29, 0.717) is 12.3 Å². The van der Waals surface area contributed by atoms with Gasteiger partial charge in [-0.25, -0.2) is 4.79 Å². The Balaban J connectivity index is 1.86. The summed E-state index contributed by atoms with van der Waals surface area (Å²) in [5.74, 6) is -0.556. The van der Waals surface area contributed by atoms with Gasteiger partial charge in [0, 0.05) is 11.8 Å². The molecule has 0 bridgehead atoms. The maximum Gasteiger partial charge on any atom is 0.341 e.